The number of carbonyl (C=O) groups is 1. The molecule has 0 aliphatic carbocycles. The molecule has 26 heavy (non-hydrogen) atoms. The second-order valence-corrected chi connectivity index (χ2v) is 6.67. The van der Waals surface area contributed by atoms with Gasteiger partial charge in [0.25, 0.3) is 10.9 Å². The van der Waals surface area contributed by atoms with E-state index in [0.717, 1.165) is 43.4 Å². The number of nitro benzene ring substituents is 1. The van der Waals surface area contributed by atoms with Crippen molar-refractivity contribution >= 4 is 35.2 Å². The Bertz CT molecular complexity index is 873. The summed E-state index contributed by atoms with van der Waals surface area (Å²) in [5.41, 5.74) is 1.06. The third-order valence-corrected chi connectivity index (χ3v) is 4.71. The number of anilines is 1. The molecule has 10 heteroatoms. The molecular formula is C16H15N4O5S-. The van der Waals surface area contributed by atoms with Gasteiger partial charge < -0.3 is 19.2 Å². The first-order valence-electron chi connectivity index (χ1n) is 7.88. The fourth-order valence-corrected chi connectivity index (χ4v) is 3.40. The molecule has 1 aliphatic rings. The number of nitro groups is 1. The van der Waals surface area contributed by atoms with E-state index in [4.69, 9.17) is 4.42 Å². The van der Waals surface area contributed by atoms with Crippen molar-refractivity contribution in [2.24, 2.45) is 0 Å². The first-order valence-corrected chi connectivity index (χ1v) is 8.70. The number of aromatic nitrogens is 2. The minimum Gasteiger partial charge on any atom is -0.544 e. The molecule has 0 atom stereocenters. The highest BCUT2D eigenvalue weighted by atomic mass is 32.2. The minimum atomic E-state index is -1.43. The maximum atomic E-state index is 11.5. The Hall–Kier alpha value is -2.88. The van der Waals surface area contributed by atoms with E-state index in [1.807, 2.05) is 0 Å². The number of carbonyl (C=O) groups excluding carboxylic acids is 1. The van der Waals surface area contributed by atoms with Gasteiger partial charge in [-0.15, -0.1) is 10.2 Å². The number of rotatable bonds is 6. The molecule has 0 radical (unpaired) electrons. The summed E-state index contributed by atoms with van der Waals surface area (Å²) in [5.74, 6) is -1.12. The van der Waals surface area contributed by atoms with Gasteiger partial charge in [-0.3, -0.25) is 10.1 Å². The molecule has 0 spiro atoms. The van der Waals surface area contributed by atoms with Gasteiger partial charge in [0, 0.05) is 48.3 Å². The number of aliphatic carboxylic acids is 1. The van der Waals surface area contributed by atoms with Crippen LogP contribution in [0.4, 0.5) is 11.4 Å². The highest BCUT2D eigenvalue weighted by Crippen LogP contribution is 2.33. The van der Waals surface area contributed by atoms with Crippen LogP contribution in [-0.4, -0.2) is 34.2 Å². The van der Waals surface area contributed by atoms with Gasteiger partial charge >= 0.3 is 0 Å². The van der Waals surface area contributed by atoms with Crippen LogP contribution in [0.5, 0.6) is 0 Å². The average Bonchev–Trinajstić information content (AvgIpc) is 3.26. The van der Waals surface area contributed by atoms with E-state index in [1.54, 1.807) is 13.0 Å². The summed E-state index contributed by atoms with van der Waals surface area (Å²) in [5, 5.41) is 30.1. The second kappa shape index (κ2) is 7.56. The molecule has 1 fully saturated rings. The van der Waals surface area contributed by atoms with E-state index in [2.05, 4.69) is 15.1 Å². The first kappa shape index (κ1) is 17.9. The lowest BCUT2D eigenvalue weighted by molar-refractivity contribution is -0.384. The van der Waals surface area contributed by atoms with E-state index >= 15 is 0 Å². The Morgan fingerprint density at radius 1 is 1.35 bits per heavy atom. The molecular weight excluding hydrogens is 360 g/mol. The Balaban J connectivity index is 2.02. The number of thioether (sulfide) groups is 1. The Morgan fingerprint density at radius 2 is 2.08 bits per heavy atom. The quantitative estimate of drug-likeness (QED) is 0.321. The van der Waals surface area contributed by atoms with Crippen molar-refractivity contribution in [1.29, 1.82) is 0 Å². The van der Waals surface area contributed by atoms with Gasteiger partial charge in [0.2, 0.25) is 5.89 Å². The molecule has 136 valence electrons. The molecule has 3 rings (SSSR count). The molecule has 1 aromatic heterocycles. The van der Waals surface area contributed by atoms with Gasteiger partial charge in [0.1, 0.15) is 0 Å². The van der Waals surface area contributed by atoms with Crippen molar-refractivity contribution in [2.75, 3.05) is 18.0 Å². The molecule has 0 N–H and O–H groups in total. The lowest BCUT2D eigenvalue weighted by atomic mass is 10.1. The van der Waals surface area contributed by atoms with Gasteiger partial charge in [0.15, 0.2) is 0 Å². The van der Waals surface area contributed by atoms with Crippen LogP contribution in [0.3, 0.4) is 0 Å². The minimum absolute atomic E-state index is 0.0612. The predicted octanol–water partition coefficient (Wildman–Crippen LogP) is 1.77. The molecule has 0 amide bonds. The normalized spacial score (nSPS) is 14.7. The zero-order valence-electron chi connectivity index (χ0n) is 13.9. The molecule has 1 saturated heterocycles. The number of nitrogens with zero attached hydrogens (tertiary/aromatic N) is 4. The Labute approximate surface area is 152 Å². The second-order valence-electron chi connectivity index (χ2n) is 5.68. The molecule has 0 unspecified atom stereocenters. The third kappa shape index (κ3) is 4.02. The lowest BCUT2D eigenvalue weighted by Crippen LogP contribution is -2.23. The van der Waals surface area contributed by atoms with Crippen LogP contribution in [0.1, 0.15) is 24.3 Å². The fraction of sp³-hybridized carbons (Fsp3) is 0.312. The van der Waals surface area contributed by atoms with Crippen molar-refractivity contribution in [3.05, 3.63) is 44.7 Å². The summed E-state index contributed by atoms with van der Waals surface area (Å²) < 4.78 is 5.18. The standard InChI is InChI=1S/C16H16N4O5S/c1-10-17-18-16(25-10)26-14(15(21)22)9-11-8-12(20(23)24)4-5-13(11)19-6-2-3-7-19/h4-5,8-9H,2-3,6-7H2,1H3,(H,21,22)/p-1/b14-9+. The van der Waals surface area contributed by atoms with Crippen LogP contribution in [0.15, 0.2) is 32.7 Å². The van der Waals surface area contributed by atoms with Gasteiger partial charge in [-0.05, 0) is 36.7 Å². The lowest BCUT2D eigenvalue weighted by Gasteiger charge is -2.20. The summed E-state index contributed by atoms with van der Waals surface area (Å²) in [6.45, 7) is 3.22. The van der Waals surface area contributed by atoms with Crippen LogP contribution >= 0.6 is 11.8 Å². The number of non-ortho nitro benzene ring substituents is 1. The molecule has 2 heterocycles. The number of benzene rings is 1. The van der Waals surface area contributed by atoms with Crippen LogP contribution in [0.2, 0.25) is 0 Å². The van der Waals surface area contributed by atoms with Gasteiger partial charge in [-0.1, -0.05) is 0 Å². The van der Waals surface area contributed by atoms with E-state index in [1.165, 1.54) is 18.2 Å². The Morgan fingerprint density at radius 3 is 2.65 bits per heavy atom. The van der Waals surface area contributed by atoms with Gasteiger partial charge in [-0.2, -0.15) is 0 Å². The summed E-state index contributed by atoms with van der Waals surface area (Å²) in [6.07, 6.45) is 3.38. The number of carboxylic acids is 1. The zero-order chi connectivity index (χ0) is 18.7. The summed E-state index contributed by atoms with van der Waals surface area (Å²) in [4.78, 5) is 24.0. The number of aryl methyl sites for hydroxylation is 1. The largest absolute Gasteiger partial charge is 0.544 e. The van der Waals surface area contributed by atoms with E-state index < -0.39 is 10.9 Å². The predicted molar refractivity (Wildman–Crippen MR) is 92.4 cm³/mol. The zero-order valence-corrected chi connectivity index (χ0v) is 14.7. The highest BCUT2D eigenvalue weighted by molar-refractivity contribution is 8.03. The third-order valence-electron chi connectivity index (χ3n) is 3.86. The van der Waals surface area contributed by atoms with Crippen molar-refractivity contribution in [2.45, 2.75) is 25.0 Å². The maximum Gasteiger partial charge on any atom is 0.281 e. The summed E-state index contributed by atoms with van der Waals surface area (Å²) >= 11 is 0.748. The number of carboxylic acid groups (broad SMARTS) is 1. The van der Waals surface area contributed by atoms with E-state index in [-0.39, 0.29) is 15.8 Å². The highest BCUT2D eigenvalue weighted by Gasteiger charge is 2.19. The van der Waals surface area contributed by atoms with Crippen molar-refractivity contribution in [3.63, 3.8) is 0 Å². The first-order chi connectivity index (χ1) is 12.4. The van der Waals surface area contributed by atoms with Crippen LogP contribution in [0.25, 0.3) is 6.08 Å². The monoisotopic (exact) mass is 375 g/mol. The number of hydrogen-bond acceptors (Lipinski definition) is 9. The van der Waals surface area contributed by atoms with Crippen molar-refractivity contribution < 1.29 is 19.2 Å². The van der Waals surface area contributed by atoms with E-state index in [0.29, 0.717) is 11.5 Å². The Kier molecular flexibility index (Phi) is 5.21. The van der Waals surface area contributed by atoms with Crippen molar-refractivity contribution in [3.8, 4) is 0 Å². The van der Waals surface area contributed by atoms with Crippen LogP contribution < -0.4 is 10.0 Å². The van der Waals surface area contributed by atoms with Crippen LogP contribution in [0, 0.1) is 17.0 Å². The van der Waals surface area contributed by atoms with Gasteiger partial charge in [0.05, 0.1) is 10.9 Å². The molecule has 0 saturated carbocycles. The fourth-order valence-electron chi connectivity index (χ4n) is 2.70. The van der Waals surface area contributed by atoms with E-state index in [9.17, 15) is 20.0 Å². The molecule has 9 nitrogen and oxygen atoms in total. The topological polar surface area (TPSA) is 125 Å². The average molecular weight is 375 g/mol. The SMILES string of the molecule is Cc1nnc(S/C(=C/c2cc([N+](=O)[O-])ccc2N2CCCC2)C(=O)[O-])o1. The molecule has 1 aromatic carbocycles. The maximum absolute atomic E-state index is 11.5. The summed E-state index contributed by atoms with van der Waals surface area (Å²) in [7, 11) is 0. The molecule has 2 aromatic rings. The summed E-state index contributed by atoms with van der Waals surface area (Å²) in [6, 6.07) is 4.41. The van der Waals surface area contributed by atoms with Gasteiger partial charge in [-0.25, -0.2) is 0 Å². The van der Waals surface area contributed by atoms with Crippen LogP contribution in [-0.2, 0) is 4.79 Å². The molecule has 1 aliphatic heterocycles. The molecule has 0 bridgehead atoms. The van der Waals surface area contributed by atoms with Crippen molar-refractivity contribution in [1.82, 2.24) is 10.2 Å². The number of hydrogen-bond donors (Lipinski definition) is 0. The smallest absolute Gasteiger partial charge is 0.281 e.